The minimum atomic E-state index is 0.0755. The molecule has 5 heteroatoms. The van der Waals surface area contributed by atoms with Crippen LogP contribution in [0, 0.1) is 17.8 Å². The molecule has 2 saturated carbocycles. The maximum Gasteiger partial charge on any atom is 0.223 e. The van der Waals surface area contributed by atoms with Crippen molar-refractivity contribution in [2.45, 2.75) is 49.1 Å². The fraction of sp³-hybridized carbons (Fsp3) is 0.650. The van der Waals surface area contributed by atoms with E-state index in [4.69, 9.17) is 0 Å². The Balaban J connectivity index is 1.42. The molecule has 0 aromatic heterocycles. The quantitative estimate of drug-likeness (QED) is 0.661. The van der Waals surface area contributed by atoms with Crippen molar-refractivity contribution in [3.8, 4) is 0 Å². The van der Waals surface area contributed by atoms with Crippen LogP contribution in [0.25, 0.3) is 0 Å². The second kappa shape index (κ2) is 7.47. The van der Waals surface area contributed by atoms with E-state index in [0.717, 1.165) is 29.2 Å². The highest BCUT2D eigenvalue weighted by molar-refractivity contribution is 9.10. The van der Waals surface area contributed by atoms with Crippen molar-refractivity contribution in [2.24, 2.45) is 17.8 Å². The van der Waals surface area contributed by atoms with Gasteiger partial charge in [0, 0.05) is 21.9 Å². The highest BCUT2D eigenvalue weighted by Gasteiger charge is 2.55. The zero-order valence-electron chi connectivity index (χ0n) is 14.7. The Bertz CT molecular complexity index is 613. The number of rotatable bonds is 3. The first-order chi connectivity index (χ1) is 12.1. The molecule has 1 aromatic carbocycles. The molecule has 1 saturated heterocycles. The monoisotopic (exact) mass is 439 g/mol. The van der Waals surface area contributed by atoms with Crippen molar-refractivity contribution in [2.75, 3.05) is 11.5 Å². The van der Waals surface area contributed by atoms with Gasteiger partial charge in [-0.2, -0.15) is 0 Å². The van der Waals surface area contributed by atoms with E-state index in [0.29, 0.717) is 4.08 Å². The minimum absolute atomic E-state index is 0.0755. The number of amides is 1. The molecule has 1 aromatic rings. The predicted molar refractivity (Wildman–Crippen MR) is 112 cm³/mol. The average molecular weight is 440 g/mol. The van der Waals surface area contributed by atoms with E-state index in [2.05, 4.69) is 63.8 Å². The Hall–Kier alpha value is -0.130. The summed E-state index contributed by atoms with van der Waals surface area (Å²) in [6, 6.07) is 8.34. The number of carbonyl (C=O) groups excluding carboxylic acids is 1. The first kappa shape index (κ1) is 18.2. The number of carbonyl (C=O) groups is 1. The molecule has 1 amide bonds. The lowest BCUT2D eigenvalue weighted by Crippen LogP contribution is -2.49. The van der Waals surface area contributed by atoms with Crippen molar-refractivity contribution >= 4 is 45.4 Å². The average Bonchev–Trinajstić information content (AvgIpc) is 3.04. The highest BCUT2D eigenvalue weighted by atomic mass is 79.9. The Kier molecular flexibility index (Phi) is 5.45. The lowest BCUT2D eigenvalue weighted by atomic mass is 9.67. The SMILES string of the molecule is CC(NC(=O)C1CC2CCCC(C1)C21SCCS1)c1ccc(Br)cc1. The third kappa shape index (κ3) is 3.53. The molecule has 1 N–H and O–H groups in total. The Labute approximate surface area is 167 Å². The summed E-state index contributed by atoms with van der Waals surface area (Å²) >= 11 is 7.89. The van der Waals surface area contributed by atoms with Crippen LogP contribution in [0.15, 0.2) is 28.7 Å². The molecule has 25 heavy (non-hydrogen) atoms. The maximum atomic E-state index is 12.9. The van der Waals surface area contributed by atoms with Gasteiger partial charge in [-0.25, -0.2) is 0 Å². The van der Waals surface area contributed by atoms with Gasteiger partial charge in [0.25, 0.3) is 0 Å². The van der Waals surface area contributed by atoms with Crippen LogP contribution in [-0.4, -0.2) is 21.5 Å². The van der Waals surface area contributed by atoms with Crippen LogP contribution in [0.3, 0.4) is 0 Å². The Morgan fingerprint density at radius 3 is 2.36 bits per heavy atom. The summed E-state index contributed by atoms with van der Waals surface area (Å²) in [4.78, 5) is 12.9. The van der Waals surface area contributed by atoms with E-state index < -0.39 is 0 Å². The van der Waals surface area contributed by atoms with Gasteiger partial charge >= 0.3 is 0 Å². The summed E-state index contributed by atoms with van der Waals surface area (Å²) in [7, 11) is 0. The van der Waals surface area contributed by atoms with E-state index in [1.807, 2.05) is 12.1 Å². The second-order valence-corrected chi connectivity index (χ2v) is 11.6. The molecule has 3 aliphatic rings. The molecule has 2 bridgehead atoms. The molecule has 2 nitrogen and oxygen atoms in total. The summed E-state index contributed by atoms with van der Waals surface area (Å²) in [6.07, 6.45) is 6.19. The van der Waals surface area contributed by atoms with E-state index in [1.165, 1.54) is 36.3 Å². The molecule has 3 unspecified atom stereocenters. The van der Waals surface area contributed by atoms with Crippen LogP contribution in [0.1, 0.15) is 50.6 Å². The summed E-state index contributed by atoms with van der Waals surface area (Å²) in [5.41, 5.74) is 1.17. The maximum absolute atomic E-state index is 12.9. The van der Waals surface area contributed by atoms with Crippen LogP contribution in [0.4, 0.5) is 0 Å². The Morgan fingerprint density at radius 1 is 1.16 bits per heavy atom. The highest BCUT2D eigenvalue weighted by Crippen LogP contribution is 2.64. The largest absolute Gasteiger partial charge is 0.349 e. The summed E-state index contributed by atoms with van der Waals surface area (Å²) in [5.74, 6) is 4.55. The van der Waals surface area contributed by atoms with Crippen LogP contribution in [0.2, 0.25) is 0 Å². The van der Waals surface area contributed by atoms with E-state index >= 15 is 0 Å². The number of hydrogen-bond donors (Lipinski definition) is 1. The van der Waals surface area contributed by atoms with E-state index in [1.54, 1.807) is 0 Å². The van der Waals surface area contributed by atoms with Gasteiger partial charge in [0.15, 0.2) is 0 Å². The van der Waals surface area contributed by atoms with Gasteiger partial charge in [-0.15, -0.1) is 23.5 Å². The van der Waals surface area contributed by atoms with E-state index in [9.17, 15) is 4.79 Å². The van der Waals surface area contributed by atoms with Crippen LogP contribution < -0.4 is 5.32 Å². The zero-order valence-corrected chi connectivity index (χ0v) is 17.9. The third-order valence-electron chi connectivity index (χ3n) is 6.22. The first-order valence-electron chi connectivity index (χ1n) is 9.42. The van der Waals surface area contributed by atoms with Gasteiger partial charge in [0.1, 0.15) is 0 Å². The van der Waals surface area contributed by atoms with Crippen molar-refractivity contribution in [3.63, 3.8) is 0 Å². The summed E-state index contributed by atoms with van der Waals surface area (Å²) < 4.78 is 1.53. The molecule has 1 heterocycles. The molecule has 2 aliphatic carbocycles. The van der Waals surface area contributed by atoms with Gasteiger partial charge in [0.05, 0.1) is 10.1 Å². The van der Waals surface area contributed by atoms with Crippen molar-refractivity contribution < 1.29 is 4.79 Å². The molecular weight excluding hydrogens is 414 g/mol. The number of benzene rings is 1. The van der Waals surface area contributed by atoms with Crippen molar-refractivity contribution in [1.82, 2.24) is 5.32 Å². The molecule has 1 spiro atoms. The van der Waals surface area contributed by atoms with Crippen molar-refractivity contribution in [1.29, 1.82) is 0 Å². The van der Waals surface area contributed by atoms with Gasteiger partial charge in [-0.05, 0) is 62.1 Å². The molecular formula is C20H26BrNOS2. The molecule has 1 aliphatic heterocycles. The molecule has 3 fully saturated rings. The summed E-state index contributed by atoms with van der Waals surface area (Å²) in [6.45, 7) is 2.09. The molecule has 4 rings (SSSR count). The number of hydrogen-bond acceptors (Lipinski definition) is 3. The summed E-state index contributed by atoms with van der Waals surface area (Å²) in [5, 5.41) is 3.29. The number of nitrogens with one attached hydrogen (secondary N) is 1. The smallest absolute Gasteiger partial charge is 0.223 e. The topological polar surface area (TPSA) is 29.1 Å². The lowest BCUT2D eigenvalue weighted by Gasteiger charge is -2.52. The number of halogens is 1. The van der Waals surface area contributed by atoms with Crippen LogP contribution >= 0.6 is 39.5 Å². The van der Waals surface area contributed by atoms with Gasteiger partial charge in [-0.1, -0.05) is 34.5 Å². The predicted octanol–water partition coefficient (Wildman–Crippen LogP) is 5.63. The van der Waals surface area contributed by atoms with Gasteiger partial charge < -0.3 is 5.32 Å². The second-order valence-electron chi connectivity index (χ2n) is 7.69. The van der Waals surface area contributed by atoms with Gasteiger partial charge in [-0.3, -0.25) is 4.79 Å². The number of thioether (sulfide) groups is 2. The molecule has 136 valence electrons. The molecule has 3 atom stereocenters. The minimum Gasteiger partial charge on any atom is -0.349 e. The van der Waals surface area contributed by atoms with Crippen molar-refractivity contribution in [3.05, 3.63) is 34.3 Å². The van der Waals surface area contributed by atoms with Gasteiger partial charge in [0.2, 0.25) is 5.91 Å². The van der Waals surface area contributed by atoms with Crippen LogP contribution in [-0.2, 0) is 4.79 Å². The lowest BCUT2D eigenvalue weighted by molar-refractivity contribution is -0.128. The zero-order chi connectivity index (χ0) is 17.4. The first-order valence-corrected chi connectivity index (χ1v) is 12.2. The normalized spacial score (nSPS) is 31.7. The third-order valence-corrected chi connectivity index (χ3v) is 10.8. The fourth-order valence-electron chi connectivity index (χ4n) is 4.99. The van der Waals surface area contributed by atoms with E-state index in [-0.39, 0.29) is 17.9 Å². The standard InChI is InChI=1S/C20H26BrNOS2/c1-13(14-5-7-18(21)8-6-14)22-19(23)15-11-16-3-2-4-17(12-15)20(16)24-9-10-25-20/h5-8,13,15-17H,2-4,9-12H2,1H3,(H,22,23). The Morgan fingerprint density at radius 2 is 1.76 bits per heavy atom. The molecule has 0 radical (unpaired) electrons. The fourth-order valence-corrected chi connectivity index (χ4v) is 9.19. The van der Waals surface area contributed by atoms with Crippen LogP contribution in [0.5, 0.6) is 0 Å².